The Morgan fingerprint density at radius 1 is 1.53 bits per heavy atom. The van der Waals surface area contributed by atoms with Crippen molar-refractivity contribution in [1.82, 2.24) is 4.37 Å². The third-order valence-corrected chi connectivity index (χ3v) is 3.09. The molecule has 1 rings (SSSR count). The minimum absolute atomic E-state index is 0.429. The number of hydrogen-bond acceptors (Lipinski definition) is 5. The number of anilines is 2. The van der Waals surface area contributed by atoms with Gasteiger partial charge in [-0.25, -0.2) is 0 Å². The predicted molar refractivity (Wildman–Crippen MR) is 65.9 cm³/mol. The molecule has 0 aliphatic carbocycles. The maximum absolute atomic E-state index is 5.73. The summed E-state index contributed by atoms with van der Waals surface area (Å²) in [5.41, 5.74) is 5.73. The molecule has 0 fully saturated rings. The Morgan fingerprint density at radius 3 is 2.67 bits per heavy atom. The molecule has 1 aromatic heterocycles. The normalized spacial score (nSPS) is 10.7. The SMILES string of the molecule is CCCN(c1snc(N)c1OC)C(C)C. The summed E-state index contributed by atoms with van der Waals surface area (Å²) in [4.78, 5) is 2.27. The van der Waals surface area contributed by atoms with E-state index in [1.807, 2.05) is 0 Å². The molecule has 0 aliphatic heterocycles. The first kappa shape index (κ1) is 12.1. The number of aromatic nitrogens is 1. The van der Waals surface area contributed by atoms with Crippen LogP contribution in [0.3, 0.4) is 0 Å². The van der Waals surface area contributed by atoms with E-state index in [0.717, 1.165) is 18.0 Å². The standard InChI is InChI=1S/C10H19N3OS/c1-5-6-13(7(2)3)10-8(14-4)9(11)12-15-10/h7H,5-6H2,1-4H3,(H2,11,12). The lowest BCUT2D eigenvalue weighted by Gasteiger charge is -2.27. The van der Waals surface area contributed by atoms with E-state index >= 15 is 0 Å². The molecule has 2 N–H and O–H groups in total. The fourth-order valence-electron chi connectivity index (χ4n) is 1.49. The van der Waals surface area contributed by atoms with E-state index in [4.69, 9.17) is 10.5 Å². The second-order valence-corrected chi connectivity index (χ2v) is 4.45. The molecule has 0 spiro atoms. The fraction of sp³-hybridized carbons (Fsp3) is 0.700. The van der Waals surface area contributed by atoms with Crippen molar-refractivity contribution in [2.45, 2.75) is 33.2 Å². The van der Waals surface area contributed by atoms with Gasteiger partial charge in [-0.05, 0) is 31.8 Å². The Labute approximate surface area is 95.2 Å². The molecule has 0 bridgehead atoms. The van der Waals surface area contributed by atoms with E-state index in [1.54, 1.807) is 7.11 Å². The minimum Gasteiger partial charge on any atom is -0.490 e. The lowest BCUT2D eigenvalue weighted by atomic mass is 10.3. The number of rotatable bonds is 5. The number of methoxy groups -OCH3 is 1. The van der Waals surface area contributed by atoms with Crippen LogP contribution in [-0.2, 0) is 0 Å². The highest BCUT2D eigenvalue weighted by atomic mass is 32.1. The van der Waals surface area contributed by atoms with Crippen molar-refractivity contribution >= 4 is 22.4 Å². The van der Waals surface area contributed by atoms with E-state index in [1.165, 1.54) is 11.5 Å². The van der Waals surface area contributed by atoms with E-state index in [2.05, 4.69) is 30.0 Å². The molecule has 0 atom stereocenters. The van der Waals surface area contributed by atoms with Crippen LogP contribution in [0, 0.1) is 0 Å². The molecule has 0 aromatic carbocycles. The van der Waals surface area contributed by atoms with Crippen LogP contribution >= 0.6 is 11.5 Å². The van der Waals surface area contributed by atoms with Crippen LogP contribution in [0.25, 0.3) is 0 Å². The van der Waals surface area contributed by atoms with Crippen molar-refractivity contribution in [1.29, 1.82) is 0 Å². The third-order valence-electron chi connectivity index (χ3n) is 2.21. The average molecular weight is 229 g/mol. The molecule has 86 valence electrons. The minimum atomic E-state index is 0.429. The largest absolute Gasteiger partial charge is 0.490 e. The van der Waals surface area contributed by atoms with Gasteiger partial charge in [0, 0.05) is 12.6 Å². The summed E-state index contributed by atoms with van der Waals surface area (Å²) >= 11 is 1.40. The van der Waals surface area contributed by atoms with Crippen molar-refractivity contribution in [3.8, 4) is 5.75 Å². The van der Waals surface area contributed by atoms with Gasteiger partial charge < -0.3 is 15.4 Å². The summed E-state index contributed by atoms with van der Waals surface area (Å²) in [5, 5.41) is 1.03. The third kappa shape index (κ3) is 2.53. The van der Waals surface area contributed by atoms with Crippen LogP contribution in [0.2, 0.25) is 0 Å². The highest BCUT2D eigenvalue weighted by Gasteiger charge is 2.19. The molecule has 1 aromatic rings. The quantitative estimate of drug-likeness (QED) is 0.842. The second kappa shape index (κ2) is 5.21. The summed E-state index contributed by atoms with van der Waals surface area (Å²) in [5.74, 6) is 1.20. The number of hydrogen-bond donors (Lipinski definition) is 1. The van der Waals surface area contributed by atoms with Crippen molar-refractivity contribution in [3.05, 3.63) is 0 Å². The number of ether oxygens (including phenoxy) is 1. The number of nitrogen functional groups attached to an aromatic ring is 1. The number of nitrogens with zero attached hydrogens (tertiary/aromatic N) is 2. The van der Waals surface area contributed by atoms with E-state index in [-0.39, 0.29) is 0 Å². The lowest BCUT2D eigenvalue weighted by Crippen LogP contribution is -2.30. The molecule has 0 unspecified atom stereocenters. The summed E-state index contributed by atoms with van der Waals surface area (Å²) in [6.07, 6.45) is 1.10. The van der Waals surface area contributed by atoms with Gasteiger partial charge in [0.05, 0.1) is 7.11 Å². The summed E-state index contributed by atoms with van der Waals surface area (Å²) in [6, 6.07) is 0.429. The van der Waals surface area contributed by atoms with Crippen LogP contribution < -0.4 is 15.4 Å². The van der Waals surface area contributed by atoms with Gasteiger partial charge >= 0.3 is 0 Å². The Bertz CT molecular complexity index is 312. The predicted octanol–water partition coefficient (Wildman–Crippen LogP) is 2.36. The zero-order valence-electron chi connectivity index (χ0n) is 9.78. The van der Waals surface area contributed by atoms with E-state index in [0.29, 0.717) is 17.6 Å². The first-order chi connectivity index (χ1) is 7.11. The van der Waals surface area contributed by atoms with Crippen molar-refractivity contribution in [2.24, 2.45) is 0 Å². The van der Waals surface area contributed by atoms with Gasteiger partial charge in [-0.2, -0.15) is 4.37 Å². The lowest BCUT2D eigenvalue weighted by molar-refractivity contribution is 0.416. The summed E-state index contributed by atoms with van der Waals surface area (Å²) in [6.45, 7) is 7.47. The van der Waals surface area contributed by atoms with Gasteiger partial charge in [0.15, 0.2) is 16.6 Å². The molecule has 0 amide bonds. The molecule has 0 radical (unpaired) electrons. The molecule has 0 saturated heterocycles. The zero-order chi connectivity index (χ0) is 11.4. The topological polar surface area (TPSA) is 51.4 Å². The van der Waals surface area contributed by atoms with Crippen LogP contribution in [0.1, 0.15) is 27.2 Å². The molecule has 0 aliphatic rings. The van der Waals surface area contributed by atoms with Crippen LogP contribution in [0.15, 0.2) is 0 Å². The van der Waals surface area contributed by atoms with Gasteiger partial charge in [0.25, 0.3) is 0 Å². The molecule has 1 heterocycles. The fourth-order valence-corrected chi connectivity index (χ4v) is 2.44. The van der Waals surface area contributed by atoms with Crippen molar-refractivity contribution in [3.63, 3.8) is 0 Å². The second-order valence-electron chi connectivity index (χ2n) is 3.69. The molecule has 15 heavy (non-hydrogen) atoms. The first-order valence-corrected chi connectivity index (χ1v) is 5.94. The van der Waals surface area contributed by atoms with Crippen LogP contribution in [0.5, 0.6) is 5.75 Å². The first-order valence-electron chi connectivity index (χ1n) is 5.17. The van der Waals surface area contributed by atoms with Gasteiger partial charge in [-0.1, -0.05) is 6.92 Å². The molecular formula is C10H19N3OS. The summed E-state index contributed by atoms with van der Waals surface area (Å²) < 4.78 is 9.40. The van der Waals surface area contributed by atoms with Crippen molar-refractivity contribution < 1.29 is 4.74 Å². The van der Waals surface area contributed by atoms with Crippen molar-refractivity contribution in [2.75, 3.05) is 24.3 Å². The number of nitrogens with two attached hydrogens (primary N) is 1. The maximum atomic E-state index is 5.73. The monoisotopic (exact) mass is 229 g/mol. The molecule has 0 saturated carbocycles. The summed E-state index contributed by atoms with van der Waals surface area (Å²) in [7, 11) is 1.63. The van der Waals surface area contributed by atoms with E-state index < -0.39 is 0 Å². The van der Waals surface area contributed by atoms with Gasteiger partial charge in [-0.3, -0.25) is 0 Å². The molecular weight excluding hydrogens is 210 g/mol. The zero-order valence-corrected chi connectivity index (χ0v) is 10.6. The van der Waals surface area contributed by atoms with E-state index in [9.17, 15) is 0 Å². The smallest absolute Gasteiger partial charge is 0.197 e. The van der Waals surface area contributed by atoms with Gasteiger partial charge in [-0.15, -0.1) is 0 Å². The highest BCUT2D eigenvalue weighted by molar-refractivity contribution is 7.11. The highest BCUT2D eigenvalue weighted by Crippen LogP contribution is 2.38. The molecule has 4 nitrogen and oxygen atoms in total. The Hall–Kier alpha value is -0.970. The van der Waals surface area contributed by atoms with Crippen LogP contribution in [-0.4, -0.2) is 24.1 Å². The van der Waals surface area contributed by atoms with Gasteiger partial charge in [0.1, 0.15) is 0 Å². The Kier molecular flexibility index (Phi) is 4.20. The Balaban J connectivity index is 2.99. The average Bonchev–Trinajstić information content (AvgIpc) is 2.55. The van der Waals surface area contributed by atoms with Gasteiger partial charge in [0.2, 0.25) is 0 Å². The maximum Gasteiger partial charge on any atom is 0.197 e. The molecule has 5 heteroatoms. The Morgan fingerprint density at radius 2 is 2.20 bits per heavy atom. The van der Waals surface area contributed by atoms with Crippen LogP contribution in [0.4, 0.5) is 10.8 Å².